The first kappa shape index (κ1) is 16.5. The number of halogens is 1. The lowest BCUT2D eigenvalue weighted by Gasteiger charge is -2.16. The van der Waals surface area contributed by atoms with Gasteiger partial charge in [0.25, 0.3) is 0 Å². The predicted molar refractivity (Wildman–Crippen MR) is 89.6 cm³/mol. The molecule has 0 unspecified atom stereocenters. The fraction of sp³-hybridized carbons (Fsp3) is 0.235. The molecule has 0 spiro atoms. The first-order valence-corrected chi connectivity index (χ1v) is 8.16. The fourth-order valence-corrected chi connectivity index (χ4v) is 2.61. The van der Waals surface area contributed by atoms with E-state index in [0.29, 0.717) is 6.54 Å². The molecule has 0 aliphatic carbocycles. The van der Waals surface area contributed by atoms with Gasteiger partial charge in [0, 0.05) is 17.1 Å². The number of nitrogens with one attached hydrogen (secondary N) is 1. The highest BCUT2D eigenvalue weighted by molar-refractivity contribution is 7.98. The number of benzene rings is 2. The third-order valence-corrected chi connectivity index (χ3v) is 3.83. The normalized spacial score (nSPS) is 10.7. The summed E-state index contributed by atoms with van der Waals surface area (Å²) in [6.07, 6.45) is 1.99. The maximum absolute atomic E-state index is 13.1. The van der Waals surface area contributed by atoms with Gasteiger partial charge in [-0.05, 0) is 49.2 Å². The number of hydrogen-bond acceptors (Lipinski definition) is 3. The minimum atomic E-state index is -0.260. The van der Waals surface area contributed by atoms with Crippen LogP contribution in [0.3, 0.4) is 0 Å². The quantitative estimate of drug-likeness (QED) is 0.826. The van der Waals surface area contributed by atoms with Crippen LogP contribution >= 0.6 is 11.8 Å². The van der Waals surface area contributed by atoms with Gasteiger partial charge in [-0.2, -0.15) is 0 Å². The molecule has 2 aromatic rings. The van der Waals surface area contributed by atoms with E-state index in [2.05, 4.69) is 5.32 Å². The number of nitrogens with zero attached hydrogens (tertiary/aromatic N) is 1. The van der Waals surface area contributed by atoms with Crippen molar-refractivity contribution in [2.75, 3.05) is 25.2 Å². The third-order valence-electron chi connectivity index (χ3n) is 3.11. The van der Waals surface area contributed by atoms with Crippen molar-refractivity contribution in [2.45, 2.75) is 11.4 Å². The molecule has 2 aromatic carbocycles. The second-order valence-corrected chi connectivity index (χ2v) is 5.96. The standard InChI is InChI=1S/C17H19FN2OS/c1-20(11-13-5-3-6-14(18)9-13)12-17(21)19-15-7-4-8-16(10-15)22-2/h3-10H,11-12H2,1-2H3,(H,19,21). The monoisotopic (exact) mass is 318 g/mol. The molecule has 5 heteroatoms. The lowest BCUT2D eigenvalue weighted by atomic mass is 10.2. The zero-order valence-corrected chi connectivity index (χ0v) is 13.5. The number of carbonyl (C=O) groups is 1. The SMILES string of the molecule is CSc1cccc(NC(=O)CN(C)Cc2cccc(F)c2)c1. The topological polar surface area (TPSA) is 32.3 Å². The Labute approximate surface area is 134 Å². The largest absolute Gasteiger partial charge is 0.325 e. The lowest BCUT2D eigenvalue weighted by Crippen LogP contribution is -2.29. The van der Waals surface area contributed by atoms with E-state index in [9.17, 15) is 9.18 Å². The Morgan fingerprint density at radius 2 is 2.00 bits per heavy atom. The molecular weight excluding hydrogens is 299 g/mol. The summed E-state index contributed by atoms with van der Waals surface area (Å²) >= 11 is 1.63. The van der Waals surface area contributed by atoms with Gasteiger partial charge in [0.05, 0.1) is 6.54 Å². The number of anilines is 1. The summed E-state index contributed by atoms with van der Waals surface area (Å²) in [5.74, 6) is -0.346. The van der Waals surface area contributed by atoms with Crippen LogP contribution in [0.15, 0.2) is 53.4 Å². The van der Waals surface area contributed by atoms with E-state index in [4.69, 9.17) is 0 Å². The van der Waals surface area contributed by atoms with E-state index in [-0.39, 0.29) is 18.3 Å². The second kappa shape index (κ2) is 7.96. The molecule has 22 heavy (non-hydrogen) atoms. The highest BCUT2D eigenvalue weighted by atomic mass is 32.2. The Bertz CT molecular complexity index is 648. The summed E-state index contributed by atoms with van der Waals surface area (Å²) in [4.78, 5) is 15.0. The molecule has 0 aromatic heterocycles. The van der Waals surface area contributed by atoms with Crippen molar-refractivity contribution in [3.8, 4) is 0 Å². The van der Waals surface area contributed by atoms with E-state index in [1.165, 1.54) is 12.1 Å². The zero-order chi connectivity index (χ0) is 15.9. The molecule has 0 aliphatic rings. The first-order chi connectivity index (χ1) is 10.6. The molecule has 0 radical (unpaired) electrons. The highest BCUT2D eigenvalue weighted by Gasteiger charge is 2.08. The molecule has 0 heterocycles. The molecule has 2 rings (SSSR count). The predicted octanol–water partition coefficient (Wildman–Crippen LogP) is 3.62. The average Bonchev–Trinajstić information content (AvgIpc) is 2.47. The Balaban J connectivity index is 1.88. The smallest absolute Gasteiger partial charge is 0.238 e. The highest BCUT2D eigenvalue weighted by Crippen LogP contribution is 2.18. The molecule has 0 saturated carbocycles. The van der Waals surface area contributed by atoms with Gasteiger partial charge in [0.1, 0.15) is 5.82 Å². The minimum absolute atomic E-state index is 0.0860. The summed E-state index contributed by atoms with van der Waals surface area (Å²) in [6, 6.07) is 14.1. The number of rotatable bonds is 6. The van der Waals surface area contributed by atoms with E-state index < -0.39 is 0 Å². The Morgan fingerprint density at radius 3 is 2.73 bits per heavy atom. The van der Waals surface area contributed by atoms with Crippen LogP contribution in [0.4, 0.5) is 10.1 Å². The van der Waals surface area contributed by atoms with Crippen LogP contribution in [0.25, 0.3) is 0 Å². The van der Waals surface area contributed by atoms with Crippen LogP contribution in [0, 0.1) is 5.82 Å². The van der Waals surface area contributed by atoms with Gasteiger partial charge in [-0.1, -0.05) is 18.2 Å². The zero-order valence-electron chi connectivity index (χ0n) is 12.7. The van der Waals surface area contributed by atoms with E-state index in [0.717, 1.165) is 16.1 Å². The molecule has 3 nitrogen and oxygen atoms in total. The minimum Gasteiger partial charge on any atom is -0.325 e. The Kier molecular flexibility index (Phi) is 5.98. The summed E-state index contributed by atoms with van der Waals surface area (Å²) in [7, 11) is 1.84. The van der Waals surface area contributed by atoms with E-state index in [1.54, 1.807) is 17.8 Å². The second-order valence-electron chi connectivity index (χ2n) is 5.08. The van der Waals surface area contributed by atoms with E-state index in [1.807, 2.05) is 48.5 Å². The Morgan fingerprint density at radius 1 is 1.23 bits per heavy atom. The van der Waals surface area contributed by atoms with Crippen molar-refractivity contribution >= 4 is 23.4 Å². The van der Waals surface area contributed by atoms with Crippen molar-refractivity contribution < 1.29 is 9.18 Å². The summed E-state index contributed by atoms with van der Waals surface area (Å²) in [5.41, 5.74) is 1.63. The van der Waals surface area contributed by atoms with Crippen molar-refractivity contribution in [2.24, 2.45) is 0 Å². The van der Waals surface area contributed by atoms with Crippen LogP contribution in [0.5, 0.6) is 0 Å². The molecule has 0 aliphatic heterocycles. The average molecular weight is 318 g/mol. The van der Waals surface area contributed by atoms with Gasteiger partial charge in [-0.3, -0.25) is 9.69 Å². The fourth-order valence-electron chi connectivity index (χ4n) is 2.15. The van der Waals surface area contributed by atoms with Crippen molar-refractivity contribution in [1.82, 2.24) is 4.90 Å². The summed E-state index contributed by atoms with van der Waals surface area (Å²) < 4.78 is 13.1. The van der Waals surface area contributed by atoms with Crippen LogP contribution in [-0.4, -0.2) is 30.7 Å². The maximum atomic E-state index is 13.1. The van der Waals surface area contributed by atoms with Crippen LogP contribution in [0.1, 0.15) is 5.56 Å². The lowest BCUT2D eigenvalue weighted by molar-refractivity contribution is -0.117. The van der Waals surface area contributed by atoms with Crippen LogP contribution < -0.4 is 5.32 Å². The van der Waals surface area contributed by atoms with Gasteiger partial charge >= 0.3 is 0 Å². The summed E-state index contributed by atoms with van der Waals surface area (Å²) in [6.45, 7) is 0.774. The van der Waals surface area contributed by atoms with Crippen LogP contribution in [0.2, 0.25) is 0 Å². The van der Waals surface area contributed by atoms with Gasteiger partial charge in [-0.15, -0.1) is 11.8 Å². The summed E-state index contributed by atoms with van der Waals surface area (Å²) in [5, 5.41) is 2.88. The molecule has 0 fully saturated rings. The molecule has 1 amide bonds. The molecule has 116 valence electrons. The van der Waals surface area contributed by atoms with Gasteiger partial charge in [-0.25, -0.2) is 4.39 Å². The van der Waals surface area contributed by atoms with E-state index >= 15 is 0 Å². The van der Waals surface area contributed by atoms with Gasteiger partial charge in [0.15, 0.2) is 0 Å². The first-order valence-electron chi connectivity index (χ1n) is 6.93. The van der Waals surface area contributed by atoms with Gasteiger partial charge < -0.3 is 5.32 Å². The number of thioether (sulfide) groups is 1. The number of likely N-dealkylation sites (N-methyl/N-ethyl adjacent to an activating group) is 1. The van der Waals surface area contributed by atoms with Crippen LogP contribution in [-0.2, 0) is 11.3 Å². The van der Waals surface area contributed by atoms with Crippen molar-refractivity contribution in [3.05, 3.63) is 59.9 Å². The van der Waals surface area contributed by atoms with Gasteiger partial charge in [0.2, 0.25) is 5.91 Å². The molecular formula is C17H19FN2OS. The molecule has 0 bridgehead atoms. The maximum Gasteiger partial charge on any atom is 0.238 e. The third kappa shape index (κ3) is 5.16. The number of hydrogen-bond donors (Lipinski definition) is 1. The molecule has 1 N–H and O–H groups in total. The molecule has 0 atom stereocenters. The Hall–Kier alpha value is -1.85. The van der Waals surface area contributed by atoms with Crippen molar-refractivity contribution in [1.29, 1.82) is 0 Å². The number of amides is 1. The molecule has 0 saturated heterocycles. The van der Waals surface area contributed by atoms with Crippen molar-refractivity contribution in [3.63, 3.8) is 0 Å². The number of carbonyl (C=O) groups excluding carboxylic acids is 1.